The van der Waals surface area contributed by atoms with Crippen molar-refractivity contribution in [3.63, 3.8) is 0 Å². The molecular formula is C26H21NO6. The minimum Gasteiger partial charge on any atom is -0.476 e. The van der Waals surface area contributed by atoms with Crippen molar-refractivity contribution in [3.05, 3.63) is 100 Å². The van der Waals surface area contributed by atoms with Crippen LogP contribution in [0.1, 0.15) is 15.9 Å². The van der Waals surface area contributed by atoms with Gasteiger partial charge in [-0.15, -0.1) is 0 Å². The molecule has 0 bridgehead atoms. The highest BCUT2D eigenvalue weighted by Crippen LogP contribution is 2.30. The Morgan fingerprint density at radius 1 is 0.909 bits per heavy atom. The van der Waals surface area contributed by atoms with E-state index >= 15 is 0 Å². The number of nitrogens with one attached hydrogen (secondary N) is 1. The van der Waals surface area contributed by atoms with Crippen LogP contribution in [0.4, 0.5) is 0 Å². The van der Waals surface area contributed by atoms with E-state index in [0.717, 1.165) is 5.56 Å². The Bertz CT molecular complexity index is 1340. The number of methoxy groups -OCH3 is 1. The molecule has 1 heterocycles. The van der Waals surface area contributed by atoms with Gasteiger partial charge in [-0.25, -0.2) is 4.79 Å². The molecule has 166 valence electrons. The van der Waals surface area contributed by atoms with Crippen molar-refractivity contribution in [1.82, 2.24) is 5.32 Å². The first-order valence-corrected chi connectivity index (χ1v) is 10.2. The van der Waals surface area contributed by atoms with Gasteiger partial charge in [-0.2, -0.15) is 0 Å². The molecule has 7 heteroatoms. The Balaban J connectivity index is 1.49. The minimum absolute atomic E-state index is 0.0162. The molecule has 0 saturated carbocycles. The van der Waals surface area contributed by atoms with Crippen LogP contribution < -0.4 is 15.5 Å². The van der Waals surface area contributed by atoms with Gasteiger partial charge in [0.05, 0.1) is 18.1 Å². The average Bonchev–Trinajstić information content (AvgIpc) is 2.87. The van der Waals surface area contributed by atoms with E-state index < -0.39 is 11.9 Å². The summed E-state index contributed by atoms with van der Waals surface area (Å²) >= 11 is 0. The number of fused-ring (bicyclic) bond motifs is 1. The zero-order valence-electron chi connectivity index (χ0n) is 17.9. The maximum atomic E-state index is 13.1. The Morgan fingerprint density at radius 3 is 2.33 bits per heavy atom. The standard InChI is InChI=1S/C26H21NO6/c1-31-26(30)19-13-11-17(12-14-19)15-27-22(28)16-32-25-23(29)20-9-5-6-10-21(20)33-24(25)18-7-3-2-4-8-18/h2-14H,15-16H2,1H3,(H,27,28). The van der Waals surface area contributed by atoms with Gasteiger partial charge in [0.15, 0.2) is 12.4 Å². The maximum Gasteiger partial charge on any atom is 0.337 e. The van der Waals surface area contributed by atoms with Crippen molar-refractivity contribution in [2.75, 3.05) is 13.7 Å². The smallest absolute Gasteiger partial charge is 0.337 e. The van der Waals surface area contributed by atoms with Gasteiger partial charge in [-0.3, -0.25) is 9.59 Å². The third-order valence-electron chi connectivity index (χ3n) is 5.00. The molecule has 1 aromatic heterocycles. The lowest BCUT2D eigenvalue weighted by Gasteiger charge is -2.12. The van der Waals surface area contributed by atoms with Crippen LogP contribution in [0.2, 0.25) is 0 Å². The maximum absolute atomic E-state index is 13.1. The zero-order valence-corrected chi connectivity index (χ0v) is 17.9. The summed E-state index contributed by atoms with van der Waals surface area (Å²) in [7, 11) is 1.32. The summed E-state index contributed by atoms with van der Waals surface area (Å²) in [5.41, 5.74) is 1.98. The number of ether oxygens (including phenoxy) is 2. The van der Waals surface area contributed by atoms with Crippen molar-refractivity contribution in [1.29, 1.82) is 0 Å². The summed E-state index contributed by atoms with van der Waals surface area (Å²) in [5, 5.41) is 3.11. The Labute approximate surface area is 189 Å². The topological polar surface area (TPSA) is 94.8 Å². The van der Waals surface area contributed by atoms with Crippen LogP contribution in [-0.2, 0) is 16.1 Å². The number of esters is 1. The van der Waals surface area contributed by atoms with Crippen LogP contribution in [0, 0.1) is 0 Å². The molecule has 7 nitrogen and oxygen atoms in total. The fourth-order valence-corrected chi connectivity index (χ4v) is 3.30. The molecule has 4 rings (SSSR count). The quantitative estimate of drug-likeness (QED) is 0.435. The third kappa shape index (κ3) is 4.93. The van der Waals surface area contributed by atoms with E-state index in [9.17, 15) is 14.4 Å². The number of para-hydroxylation sites is 1. The van der Waals surface area contributed by atoms with Crippen molar-refractivity contribution in [2.24, 2.45) is 0 Å². The largest absolute Gasteiger partial charge is 0.476 e. The SMILES string of the molecule is COC(=O)c1ccc(CNC(=O)COc2c(-c3ccccc3)oc3ccccc3c2=O)cc1. The minimum atomic E-state index is -0.428. The van der Waals surface area contributed by atoms with Gasteiger partial charge in [-0.05, 0) is 29.8 Å². The predicted molar refractivity (Wildman–Crippen MR) is 123 cm³/mol. The lowest BCUT2D eigenvalue weighted by Crippen LogP contribution is -2.29. The number of hydrogen-bond donors (Lipinski definition) is 1. The van der Waals surface area contributed by atoms with E-state index in [1.54, 1.807) is 60.7 Å². The van der Waals surface area contributed by atoms with Crippen LogP contribution >= 0.6 is 0 Å². The molecule has 4 aromatic rings. The van der Waals surface area contributed by atoms with Gasteiger partial charge in [0.25, 0.3) is 5.91 Å². The molecule has 0 unspecified atom stereocenters. The zero-order chi connectivity index (χ0) is 23.2. The van der Waals surface area contributed by atoms with Gasteiger partial charge < -0.3 is 19.2 Å². The summed E-state index contributed by atoms with van der Waals surface area (Å²) in [5.74, 6) is -0.580. The molecule has 0 radical (unpaired) electrons. The van der Waals surface area contributed by atoms with E-state index in [1.807, 2.05) is 18.2 Å². The summed E-state index contributed by atoms with van der Waals surface area (Å²) in [6.07, 6.45) is 0. The number of carbonyl (C=O) groups is 2. The second kappa shape index (κ2) is 9.82. The fraction of sp³-hybridized carbons (Fsp3) is 0.115. The first-order valence-electron chi connectivity index (χ1n) is 10.2. The van der Waals surface area contributed by atoms with E-state index in [2.05, 4.69) is 10.1 Å². The Kier molecular flexibility index (Phi) is 6.50. The lowest BCUT2D eigenvalue weighted by atomic mass is 10.1. The summed E-state index contributed by atoms with van der Waals surface area (Å²) in [6, 6.07) is 22.7. The van der Waals surface area contributed by atoms with Crippen LogP contribution in [0.15, 0.2) is 88.1 Å². The summed E-state index contributed by atoms with van der Waals surface area (Å²) in [6.45, 7) is -0.120. The molecule has 0 fully saturated rings. The van der Waals surface area contributed by atoms with Gasteiger partial charge >= 0.3 is 5.97 Å². The number of benzene rings is 3. The van der Waals surface area contributed by atoms with Gasteiger partial charge in [0.1, 0.15) is 5.58 Å². The van der Waals surface area contributed by atoms with E-state index in [1.165, 1.54) is 7.11 Å². The van der Waals surface area contributed by atoms with Crippen molar-refractivity contribution in [2.45, 2.75) is 6.54 Å². The monoisotopic (exact) mass is 443 g/mol. The first-order chi connectivity index (χ1) is 16.1. The van der Waals surface area contributed by atoms with Crippen molar-refractivity contribution in [3.8, 4) is 17.1 Å². The van der Waals surface area contributed by atoms with Crippen LogP contribution in [0.3, 0.4) is 0 Å². The predicted octanol–water partition coefficient (Wildman–Crippen LogP) is 3.94. The van der Waals surface area contributed by atoms with Crippen LogP contribution in [0.5, 0.6) is 5.75 Å². The summed E-state index contributed by atoms with van der Waals surface area (Å²) in [4.78, 5) is 37.0. The molecule has 0 aliphatic rings. The number of amides is 1. The van der Waals surface area contributed by atoms with E-state index in [0.29, 0.717) is 22.1 Å². The number of hydrogen-bond acceptors (Lipinski definition) is 6. The van der Waals surface area contributed by atoms with Crippen molar-refractivity contribution >= 4 is 22.8 Å². The summed E-state index contributed by atoms with van der Waals surface area (Å²) < 4.78 is 16.3. The molecule has 3 aromatic carbocycles. The molecule has 0 spiro atoms. The highest BCUT2D eigenvalue weighted by Gasteiger charge is 2.18. The van der Waals surface area contributed by atoms with Gasteiger partial charge in [0, 0.05) is 12.1 Å². The third-order valence-corrected chi connectivity index (χ3v) is 5.00. The number of rotatable bonds is 7. The molecule has 33 heavy (non-hydrogen) atoms. The molecule has 0 aliphatic heterocycles. The van der Waals surface area contributed by atoms with Crippen LogP contribution in [-0.4, -0.2) is 25.6 Å². The normalized spacial score (nSPS) is 10.6. The van der Waals surface area contributed by atoms with Crippen LogP contribution in [0.25, 0.3) is 22.3 Å². The molecule has 1 amide bonds. The highest BCUT2D eigenvalue weighted by molar-refractivity contribution is 5.89. The van der Waals surface area contributed by atoms with Crippen molar-refractivity contribution < 1.29 is 23.5 Å². The second-order valence-corrected chi connectivity index (χ2v) is 7.21. The molecule has 1 N–H and O–H groups in total. The second-order valence-electron chi connectivity index (χ2n) is 7.21. The molecular weight excluding hydrogens is 422 g/mol. The molecule has 0 atom stereocenters. The van der Waals surface area contributed by atoms with E-state index in [-0.39, 0.29) is 30.1 Å². The Hall–Kier alpha value is -4.39. The molecule has 0 aliphatic carbocycles. The Morgan fingerprint density at radius 2 is 1.61 bits per heavy atom. The average molecular weight is 443 g/mol. The molecule has 0 saturated heterocycles. The fourth-order valence-electron chi connectivity index (χ4n) is 3.30. The highest BCUT2D eigenvalue weighted by atomic mass is 16.5. The lowest BCUT2D eigenvalue weighted by molar-refractivity contribution is -0.123. The van der Waals surface area contributed by atoms with Gasteiger partial charge in [0.2, 0.25) is 11.2 Å². The first kappa shape index (κ1) is 21.8. The van der Waals surface area contributed by atoms with E-state index in [4.69, 9.17) is 9.15 Å². The van der Waals surface area contributed by atoms with Gasteiger partial charge in [-0.1, -0.05) is 54.6 Å². The number of carbonyl (C=O) groups excluding carboxylic acids is 2.